The number of hydrogen-bond donors (Lipinski definition) is 0. The molecule has 0 aliphatic heterocycles. The number of halogens is 1. The Morgan fingerprint density at radius 3 is 2.29 bits per heavy atom. The summed E-state index contributed by atoms with van der Waals surface area (Å²) in [6.07, 6.45) is 2.09. The van der Waals surface area contributed by atoms with Gasteiger partial charge in [0, 0.05) is 0 Å². The molecule has 0 aromatic rings. The van der Waals surface area contributed by atoms with Gasteiger partial charge in [0.1, 0.15) is 0 Å². The second-order valence-corrected chi connectivity index (χ2v) is 2.65. The van der Waals surface area contributed by atoms with Crippen LogP contribution in [0.1, 0.15) is 13.8 Å². The SMILES string of the molecule is CC1=CC(Cl)C1C. The van der Waals surface area contributed by atoms with E-state index in [0.717, 1.165) is 0 Å². The maximum atomic E-state index is 5.72. The van der Waals surface area contributed by atoms with Gasteiger partial charge in [-0.2, -0.15) is 0 Å². The first-order valence-corrected chi connectivity index (χ1v) is 2.98. The predicted molar refractivity (Wildman–Crippen MR) is 32.6 cm³/mol. The van der Waals surface area contributed by atoms with Crippen LogP contribution in [0.25, 0.3) is 0 Å². The molecule has 2 atom stereocenters. The molecule has 7 heavy (non-hydrogen) atoms. The maximum Gasteiger partial charge on any atom is 0.0581 e. The van der Waals surface area contributed by atoms with Crippen molar-refractivity contribution in [1.29, 1.82) is 0 Å². The first-order chi connectivity index (χ1) is 3.22. The van der Waals surface area contributed by atoms with Gasteiger partial charge in [0.25, 0.3) is 0 Å². The molecule has 1 aliphatic carbocycles. The topological polar surface area (TPSA) is 0 Å². The van der Waals surface area contributed by atoms with Crippen molar-refractivity contribution in [2.45, 2.75) is 19.2 Å². The van der Waals surface area contributed by atoms with Crippen molar-refractivity contribution in [2.75, 3.05) is 0 Å². The lowest BCUT2D eigenvalue weighted by atomic mass is 9.87. The number of rotatable bonds is 0. The third-order valence-electron chi connectivity index (χ3n) is 1.62. The van der Waals surface area contributed by atoms with Crippen LogP contribution in [0.3, 0.4) is 0 Å². The van der Waals surface area contributed by atoms with Gasteiger partial charge >= 0.3 is 0 Å². The first-order valence-electron chi connectivity index (χ1n) is 2.54. The van der Waals surface area contributed by atoms with E-state index < -0.39 is 0 Å². The number of alkyl halides is 1. The normalized spacial score (nSPS) is 39.6. The van der Waals surface area contributed by atoms with Crippen molar-refractivity contribution in [1.82, 2.24) is 0 Å². The predicted octanol–water partition coefficient (Wildman–Crippen LogP) is 2.19. The van der Waals surface area contributed by atoms with Crippen LogP contribution in [0.15, 0.2) is 11.6 Å². The Bertz CT molecular complexity index is 105. The summed E-state index contributed by atoms with van der Waals surface area (Å²) in [5.74, 6) is 0.627. The molecule has 0 amide bonds. The summed E-state index contributed by atoms with van der Waals surface area (Å²) in [6, 6.07) is 0. The summed E-state index contributed by atoms with van der Waals surface area (Å²) in [6.45, 7) is 4.26. The summed E-state index contributed by atoms with van der Waals surface area (Å²) in [4.78, 5) is 0. The molecular weight excluding hydrogens is 108 g/mol. The zero-order valence-electron chi connectivity index (χ0n) is 4.61. The van der Waals surface area contributed by atoms with Crippen LogP contribution in [-0.2, 0) is 0 Å². The fourth-order valence-corrected chi connectivity index (χ4v) is 1.08. The largest absolute Gasteiger partial charge is 0.118 e. The Labute approximate surface area is 49.2 Å². The average Bonchev–Trinajstić information content (AvgIpc) is 1.68. The summed E-state index contributed by atoms with van der Waals surface area (Å²) < 4.78 is 0. The van der Waals surface area contributed by atoms with Crippen LogP contribution >= 0.6 is 11.6 Å². The highest BCUT2D eigenvalue weighted by Crippen LogP contribution is 2.30. The van der Waals surface area contributed by atoms with E-state index in [4.69, 9.17) is 11.6 Å². The highest BCUT2D eigenvalue weighted by Gasteiger charge is 2.21. The lowest BCUT2D eigenvalue weighted by Gasteiger charge is -2.25. The minimum absolute atomic E-state index is 0.319. The summed E-state index contributed by atoms with van der Waals surface area (Å²) in [5, 5.41) is 0.319. The molecule has 40 valence electrons. The lowest BCUT2D eigenvalue weighted by Crippen LogP contribution is -2.20. The van der Waals surface area contributed by atoms with E-state index in [-0.39, 0.29) is 0 Å². The molecule has 2 unspecified atom stereocenters. The molecule has 0 aromatic heterocycles. The maximum absolute atomic E-state index is 5.72. The van der Waals surface area contributed by atoms with Crippen molar-refractivity contribution in [2.24, 2.45) is 5.92 Å². The van der Waals surface area contributed by atoms with Crippen LogP contribution in [0.2, 0.25) is 0 Å². The van der Waals surface area contributed by atoms with Crippen LogP contribution < -0.4 is 0 Å². The van der Waals surface area contributed by atoms with Crippen LogP contribution in [0.4, 0.5) is 0 Å². The van der Waals surface area contributed by atoms with Gasteiger partial charge in [0.2, 0.25) is 0 Å². The summed E-state index contributed by atoms with van der Waals surface area (Å²) in [7, 11) is 0. The molecule has 0 fully saturated rings. The Morgan fingerprint density at radius 2 is 2.29 bits per heavy atom. The highest BCUT2D eigenvalue weighted by atomic mass is 35.5. The van der Waals surface area contributed by atoms with E-state index in [2.05, 4.69) is 19.9 Å². The molecule has 0 spiro atoms. The molecule has 0 bridgehead atoms. The lowest BCUT2D eigenvalue weighted by molar-refractivity contribution is 0.632. The molecule has 0 aromatic carbocycles. The summed E-state index contributed by atoms with van der Waals surface area (Å²) >= 11 is 5.72. The van der Waals surface area contributed by atoms with Gasteiger partial charge in [-0.15, -0.1) is 11.6 Å². The van der Waals surface area contributed by atoms with Gasteiger partial charge in [-0.3, -0.25) is 0 Å². The van der Waals surface area contributed by atoms with Gasteiger partial charge in [-0.25, -0.2) is 0 Å². The van der Waals surface area contributed by atoms with Gasteiger partial charge in [0.05, 0.1) is 5.38 Å². The molecule has 1 heteroatoms. The molecule has 1 aliphatic rings. The highest BCUT2D eigenvalue weighted by molar-refractivity contribution is 6.23. The second kappa shape index (κ2) is 1.52. The van der Waals surface area contributed by atoms with E-state index in [1.807, 2.05) is 0 Å². The van der Waals surface area contributed by atoms with Gasteiger partial charge in [-0.1, -0.05) is 18.6 Å². The van der Waals surface area contributed by atoms with Crippen molar-refractivity contribution in [3.8, 4) is 0 Å². The van der Waals surface area contributed by atoms with Gasteiger partial charge in [-0.05, 0) is 12.8 Å². The van der Waals surface area contributed by atoms with Gasteiger partial charge < -0.3 is 0 Å². The molecule has 0 saturated carbocycles. The zero-order chi connectivity index (χ0) is 5.44. The van der Waals surface area contributed by atoms with Crippen molar-refractivity contribution < 1.29 is 0 Å². The third kappa shape index (κ3) is 0.677. The zero-order valence-corrected chi connectivity index (χ0v) is 5.37. The van der Waals surface area contributed by atoms with Crippen LogP contribution in [0.5, 0.6) is 0 Å². The van der Waals surface area contributed by atoms with Crippen LogP contribution in [0, 0.1) is 5.92 Å². The monoisotopic (exact) mass is 116 g/mol. The molecule has 0 heterocycles. The minimum atomic E-state index is 0.319. The summed E-state index contributed by atoms with van der Waals surface area (Å²) in [5.41, 5.74) is 1.43. The third-order valence-corrected chi connectivity index (χ3v) is 2.12. The van der Waals surface area contributed by atoms with Crippen molar-refractivity contribution in [3.05, 3.63) is 11.6 Å². The fraction of sp³-hybridized carbons (Fsp3) is 0.667. The molecule has 0 saturated heterocycles. The molecule has 0 radical (unpaired) electrons. The fourth-order valence-electron chi connectivity index (χ4n) is 0.680. The molecule has 1 rings (SSSR count). The Morgan fingerprint density at radius 1 is 1.71 bits per heavy atom. The Kier molecular flexibility index (Phi) is 1.12. The van der Waals surface area contributed by atoms with E-state index in [0.29, 0.717) is 11.3 Å². The molecular formula is C6H9Cl. The molecule has 0 nitrogen and oxygen atoms in total. The van der Waals surface area contributed by atoms with E-state index >= 15 is 0 Å². The quantitative estimate of drug-likeness (QED) is 0.336. The Hall–Kier alpha value is 0.0300. The first kappa shape index (κ1) is 5.17. The van der Waals surface area contributed by atoms with E-state index in [1.54, 1.807) is 0 Å². The van der Waals surface area contributed by atoms with Crippen LogP contribution in [-0.4, -0.2) is 5.38 Å². The standard InChI is InChI=1S/C6H9Cl/c1-4-3-6(7)5(4)2/h3,5-6H,1-2H3. The van der Waals surface area contributed by atoms with E-state index in [9.17, 15) is 0 Å². The average molecular weight is 117 g/mol. The van der Waals surface area contributed by atoms with E-state index in [1.165, 1.54) is 5.57 Å². The Balaban J connectivity index is 2.57. The number of hydrogen-bond acceptors (Lipinski definition) is 0. The van der Waals surface area contributed by atoms with Gasteiger partial charge in [0.15, 0.2) is 0 Å². The second-order valence-electron chi connectivity index (χ2n) is 2.14. The smallest absolute Gasteiger partial charge is 0.0581 e. The number of allylic oxidation sites excluding steroid dienone is 2. The van der Waals surface area contributed by atoms with Crippen molar-refractivity contribution in [3.63, 3.8) is 0 Å². The molecule has 0 N–H and O–H groups in total. The van der Waals surface area contributed by atoms with Crippen molar-refractivity contribution >= 4 is 11.6 Å². The minimum Gasteiger partial charge on any atom is -0.118 e.